The molecule has 1 aromatic heterocycles. The lowest BCUT2D eigenvalue weighted by Crippen LogP contribution is -2.39. The van der Waals surface area contributed by atoms with Crippen molar-refractivity contribution in [3.63, 3.8) is 0 Å². The lowest BCUT2D eigenvalue weighted by Gasteiger charge is -2.31. The quantitative estimate of drug-likeness (QED) is 0.800. The molecule has 0 bridgehead atoms. The van der Waals surface area contributed by atoms with Crippen molar-refractivity contribution in [2.45, 2.75) is 38.7 Å². The highest BCUT2D eigenvalue weighted by Gasteiger charge is 2.19. The second-order valence-electron chi connectivity index (χ2n) is 4.89. The molecule has 0 radical (unpaired) electrons. The summed E-state index contributed by atoms with van der Waals surface area (Å²) in [4.78, 5) is 20.7. The van der Waals surface area contributed by atoms with E-state index in [1.807, 2.05) is 18.7 Å². The molecule has 17 heavy (non-hydrogen) atoms. The molecule has 1 aliphatic rings. The van der Waals surface area contributed by atoms with Crippen LogP contribution < -0.4 is 10.5 Å². The first-order chi connectivity index (χ1) is 8.06. The van der Waals surface area contributed by atoms with Crippen LogP contribution in [0.2, 0.25) is 0 Å². The van der Waals surface area contributed by atoms with Crippen LogP contribution in [0.4, 0.5) is 5.82 Å². The summed E-state index contributed by atoms with van der Waals surface area (Å²) >= 11 is 0. The van der Waals surface area contributed by atoms with Crippen molar-refractivity contribution in [3.05, 3.63) is 22.2 Å². The lowest BCUT2D eigenvalue weighted by molar-refractivity contribution is 0.154. The van der Waals surface area contributed by atoms with Crippen LogP contribution in [0.15, 0.2) is 10.9 Å². The molecule has 2 rings (SSSR count). The van der Waals surface area contributed by atoms with E-state index in [4.69, 9.17) is 0 Å². The van der Waals surface area contributed by atoms with Crippen LogP contribution in [0.3, 0.4) is 0 Å². The number of H-pyrrole nitrogens is 1. The van der Waals surface area contributed by atoms with Gasteiger partial charge in [0.15, 0.2) is 0 Å². The number of β-amino-alcohol motifs (C(OH)–C–C–N with tert-alkyl or cyclic N) is 1. The molecule has 1 saturated heterocycles. The summed E-state index contributed by atoms with van der Waals surface area (Å²) in [7, 11) is 0. The van der Waals surface area contributed by atoms with E-state index in [9.17, 15) is 9.90 Å². The fourth-order valence-corrected chi connectivity index (χ4v) is 2.06. The Labute approximate surface area is 100 Å². The molecule has 1 aliphatic heterocycles. The highest BCUT2D eigenvalue weighted by atomic mass is 16.3. The molecule has 2 heterocycles. The number of piperidine rings is 1. The van der Waals surface area contributed by atoms with Gasteiger partial charge in [0.1, 0.15) is 11.6 Å². The number of hydrogen-bond donors (Lipinski definition) is 2. The van der Waals surface area contributed by atoms with Gasteiger partial charge >= 0.3 is 0 Å². The van der Waals surface area contributed by atoms with E-state index in [0.29, 0.717) is 18.2 Å². The Morgan fingerprint density at radius 2 is 2.35 bits per heavy atom. The Morgan fingerprint density at radius 3 is 3.00 bits per heavy atom. The summed E-state index contributed by atoms with van der Waals surface area (Å²) in [6.45, 7) is 5.40. The molecule has 1 fully saturated rings. The highest BCUT2D eigenvalue weighted by molar-refractivity contribution is 5.38. The second kappa shape index (κ2) is 4.87. The molecular weight excluding hydrogens is 218 g/mol. The monoisotopic (exact) mass is 237 g/mol. The average Bonchev–Trinajstić information content (AvgIpc) is 2.28. The fraction of sp³-hybridized carbons (Fsp3) is 0.667. The average molecular weight is 237 g/mol. The zero-order valence-corrected chi connectivity index (χ0v) is 10.3. The molecule has 0 aliphatic carbocycles. The highest BCUT2D eigenvalue weighted by Crippen LogP contribution is 2.18. The van der Waals surface area contributed by atoms with E-state index in [2.05, 4.69) is 9.97 Å². The Hall–Kier alpha value is -1.36. The summed E-state index contributed by atoms with van der Waals surface area (Å²) < 4.78 is 0. The van der Waals surface area contributed by atoms with Gasteiger partial charge in [-0.1, -0.05) is 13.8 Å². The van der Waals surface area contributed by atoms with E-state index in [-0.39, 0.29) is 17.6 Å². The van der Waals surface area contributed by atoms with Gasteiger partial charge in [-0.3, -0.25) is 4.79 Å². The smallest absolute Gasteiger partial charge is 0.252 e. The standard InChI is InChI=1S/C12H19N3O2/c1-8(2)12-13-10(6-11(17)14-12)15-5-3-4-9(16)7-15/h6,8-9,16H,3-5,7H2,1-2H3,(H,13,14,17). The minimum absolute atomic E-state index is 0.126. The molecule has 0 amide bonds. The first kappa shape index (κ1) is 12.1. The van der Waals surface area contributed by atoms with Crippen LogP contribution in [0.5, 0.6) is 0 Å². The maximum atomic E-state index is 11.6. The summed E-state index contributed by atoms with van der Waals surface area (Å²) in [6, 6.07) is 1.50. The van der Waals surface area contributed by atoms with Gasteiger partial charge in [0.25, 0.3) is 5.56 Å². The number of aromatic amines is 1. The van der Waals surface area contributed by atoms with Crippen LogP contribution >= 0.6 is 0 Å². The number of aliphatic hydroxyl groups excluding tert-OH is 1. The summed E-state index contributed by atoms with van der Waals surface area (Å²) in [6.07, 6.45) is 1.45. The van der Waals surface area contributed by atoms with Gasteiger partial charge in [-0.2, -0.15) is 0 Å². The van der Waals surface area contributed by atoms with Crippen LogP contribution in [-0.2, 0) is 0 Å². The minimum atomic E-state index is -0.313. The SMILES string of the molecule is CC(C)c1nc(N2CCCC(O)C2)cc(=O)[nH]1. The van der Waals surface area contributed by atoms with E-state index >= 15 is 0 Å². The van der Waals surface area contributed by atoms with Gasteiger partial charge < -0.3 is 15.0 Å². The Balaban J connectivity index is 2.28. The number of aliphatic hydroxyl groups is 1. The molecule has 5 heteroatoms. The number of nitrogens with zero attached hydrogens (tertiary/aromatic N) is 2. The van der Waals surface area contributed by atoms with Crippen LogP contribution in [0.1, 0.15) is 38.4 Å². The van der Waals surface area contributed by atoms with Gasteiger partial charge in [-0.15, -0.1) is 0 Å². The number of hydrogen-bond acceptors (Lipinski definition) is 4. The topological polar surface area (TPSA) is 69.2 Å². The molecule has 1 atom stereocenters. The van der Waals surface area contributed by atoms with Crippen molar-refractivity contribution >= 4 is 5.82 Å². The van der Waals surface area contributed by atoms with Crippen molar-refractivity contribution in [2.24, 2.45) is 0 Å². The van der Waals surface area contributed by atoms with Gasteiger partial charge in [-0.05, 0) is 12.8 Å². The predicted molar refractivity (Wildman–Crippen MR) is 66.4 cm³/mol. The molecule has 94 valence electrons. The number of nitrogens with one attached hydrogen (secondary N) is 1. The van der Waals surface area contributed by atoms with Gasteiger partial charge in [-0.25, -0.2) is 4.98 Å². The minimum Gasteiger partial charge on any atom is -0.391 e. The van der Waals surface area contributed by atoms with Crippen molar-refractivity contribution in [3.8, 4) is 0 Å². The summed E-state index contributed by atoms with van der Waals surface area (Å²) in [5.74, 6) is 1.57. The van der Waals surface area contributed by atoms with Gasteiger partial charge in [0.2, 0.25) is 0 Å². The fourth-order valence-electron chi connectivity index (χ4n) is 2.06. The maximum absolute atomic E-state index is 11.6. The number of rotatable bonds is 2. The molecular formula is C12H19N3O2. The number of anilines is 1. The molecule has 1 aromatic rings. The van der Waals surface area contributed by atoms with Crippen molar-refractivity contribution in [1.82, 2.24) is 9.97 Å². The third kappa shape index (κ3) is 2.85. The summed E-state index contributed by atoms with van der Waals surface area (Å²) in [5, 5.41) is 9.63. The second-order valence-corrected chi connectivity index (χ2v) is 4.89. The predicted octanol–water partition coefficient (Wildman–Crippen LogP) is 0.854. The van der Waals surface area contributed by atoms with Crippen LogP contribution in [0.25, 0.3) is 0 Å². The molecule has 0 spiro atoms. The molecule has 0 saturated carbocycles. The largest absolute Gasteiger partial charge is 0.391 e. The van der Waals surface area contributed by atoms with E-state index in [1.54, 1.807) is 0 Å². The molecule has 1 unspecified atom stereocenters. The Bertz CT molecular complexity index is 442. The van der Waals surface area contributed by atoms with Crippen LogP contribution in [-0.4, -0.2) is 34.3 Å². The zero-order chi connectivity index (χ0) is 12.4. The van der Waals surface area contributed by atoms with E-state index in [1.165, 1.54) is 6.07 Å². The molecule has 2 N–H and O–H groups in total. The van der Waals surface area contributed by atoms with E-state index in [0.717, 1.165) is 19.4 Å². The maximum Gasteiger partial charge on any atom is 0.252 e. The van der Waals surface area contributed by atoms with E-state index < -0.39 is 0 Å². The van der Waals surface area contributed by atoms with Crippen molar-refractivity contribution in [2.75, 3.05) is 18.0 Å². The Morgan fingerprint density at radius 1 is 1.59 bits per heavy atom. The van der Waals surface area contributed by atoms with Crippen LogP contribution in [0, 0.1) is 0 Å². The van der Waals surface area contributed by atoms with Crippen molar-refractivity contribution in [1.29, 1.82) is 0 Å². The first-order valence-electron chi connectivity index (χ1n) is 6.10. The molecule has 5 nitrogen and oxygen atoms in total. The normalized spacial score (nSPS) is 20.9. The lowest BCUT2D eigenvalue weighted by atomic mass is 10.1. The van der Waals surface area contributed by atoms with Gasteiger partial charge in [0.05, 0.1) is 6.10 Å². The molecule has 0 aromatic carbocycles. The third-order valence-electron chi connectivity index (χ3n) is 3.01. The Kier molecular flexibility index (Phi) is 3.47. The zero-order valence-electron chi connectivity index (χ0n) is 10.3. The first-order valence-corrected chi connectivity index (χ1v) is 6.10. The third-order valence-corrected chi connectivity index (χ3v) is 3.01. The summed E-state index contributed by atoms with van der Waals surface area (Å²) in [5.41, 5.74) is -0.126. The van der Waals surface area contributed by atoms with Crippen molar-refractivity contribution < 1.29 is 5.11 Å². The van der Waals surface area contributed by atoms with Gasteiger partial charge in [0, 0.05) is 25.1 Å². The number of aromatic nitrogens is 2.